The Bertz CT molecular complexity index is 987. The Morgan fingerprint density at radius 1 is 0.875 bits per heavy atom. The first kappa shape index (κ1) is 16.3. The summed E-state index contributed by atoms with van der Waals surface area (Å²) < 4.78 is 11.2. The average Bonchev–Trinajstić information content (AvgIpc) is 2.50. The van der Waals surface area contributed by atoms with Crippen LogP contribution < -0.4 is 10.4 Å². The largest absolute Gasteiger partial charge is 0.496 e. The van der Waals surface area contributed by atoms with Gasteiger partial charge in [-0.15, -0.1) is 0 Å². The molecule has 0 aliphatic carbocycles. The van der Waals surface area contributed by atoms with E-state index in [0.29, 0.717) is 11.1 Å². The average molecular weight is 322 g/mol. The summed E-state index contributed by atoms with van der Waals surface area (Å²) in [6.07, 6.45) is 0. The summed E-state index contributed by atoms with van der Waals surface area (Å²) in [5, 5.41) is 0.862. The van der Waals surface area contributed by atoms with E-state index in [2.05, 4.69) is 32.9 Å². The van der Waals surface area contributed by atoms with Crippen molar-refractivity contribution < 1.29 is 9.15 Å². The summed E-state index contributed by atoms with van der Waals surface area (Å²) in [5.41, 5.74) is 7.58. The standard InChI is InChI=1S/C21H22O3/c1-11-7-12(2)19(13(3)8-11)16-9-17(23-6)20-14(4)15(5)21(22)24-18(20)10-16/h7-10H,1-6H3. The van der Waals surface area contributed by atoms with E-state index in [1.807, 2.05) is 19.1 Å². The van der Waals surface area contributed by atoms with Gasteiger partial charge in [0.05, 0.1) is 12.5 Å². The van der Waals surface area contributed by atoms with Gasteiger partial charge in [0.1, 0.15) is 11.3 Å². The Labute approximate surface area is 141 Å². The molecule has 2 aromatic carbocycles. The number of aryl methyl sites for hydroxylation is 4. The second kappa shape index (κ2) is 5.82. The van der Waals surface area contributed by atoms with Crippen molar-refractivity contribution >= 4 is 11.0 Å². The van der Waals surface area contributed by atoms with Crippen molar-refractivity contribution in [2.75, 3.05) is 7.11 Å². The second-order valence-corrected chi connectivity index (χ2v) is 6.46. The molecule has 0 spiro atoms. The molecule has 0 atom stereocenters. The molecular weight excluding hydrogens is 300 g/mol. The van der Waals surface area contributed by atoms with E-state index in [1.54, 1.807) is 14.0 Å². The van der Waals surface area contributed by atoms with Crippen molar-refractivity contribution in [3.63, 3.8) is 0 Å². The van der Waals surface area contributed by atoms with Gasteiger partial charge < -0.3 is 9.15 Å². The highest BCUT2D eigenvalue weighted by Crippen LogP contribution is 2.37. The highest BCUT2D eigenvalue weighted by Gasteiger charge is 2.16. The summed E-state index contributed by atoms with van der Waals surface area (Å²) in [7, 11) is 1.65. The Morgan fingerprint density at radius 2 is 1.50 bits per heavy atom. The summed E-state index contributed by atoms with van der Waals surface area (Å²) in [5.74, 6) is 0.728. The lowest BCUT2D eigenvalue weighted by molar-refractivity contribution is 0.418. The quantitative estimate of drug-likeness (QED) is 0.623. The van der Waals surface area contributed by atoms with E-state index >= 15 is 0 Å². The van der Waals surface area contributed by atoms with Gasteiger partial charge in [0.2, 0.25) is 0 Å². The molecule has 1 heterocycles. The number of benzene rings is 2. The predicted octanol–water partition coefficient (Wildman–Crippen LogP) is 5.01. The van der Waals surface area contributed by atoms with Crippen LogP contribution >= 0.6 is 0 Å². The molecule has 3 heteroatoms. The van der Waals surface area contributed by atoms with Gasteiger partial charge in [0, 0.05) is 5.56 Å². The molecular formula is C21H22O3. The maximum Gasteiger partial charge on any atom is 0.339 e. The van der Waals surface area contributed by atoms with Crippen molar-refractivity contribution in [3.8, 4) is 16.9 Å². The first-order valence-electron chi connectivity index (χ1n) is 8.03. The fourth-order valence-electron chi connectivity index (χ4n) is 3.50. The number of hydrogen-bond acceptors (Lipinski definition) is 3. The van der Waals surface area contributed by atoms with E-state index in [4.69, 9.17) is 9.15 Å². The van der Waals surface area contributed by atoms with Gasteiger partial charge in [0.15, 0.2) is 0 Å². The fraction of sp³-hybridized carbons (Fsp3) is 0.286. The maximum atomic E-state index is 12.1. The molecule has 3 nitrogen and oxygen atoms in total. The minimum Gasteiger partial charge on any atom is -0.496 e. The molecule has 0 aliphatic rings. The van der Waals surface area contributed by atoms with Crippen molar-refractivity contribution in [2.45, 2.75) is 34.6 Å². The summed E-state index contributed by atoms with van der Waals surface area (Å²) in [4.78, 5) is 12.1. The fourth-order valence-corrected chi connectivity index (χ4v) is 3.50. The van der Waals surface area contributed by atoms with Gasteiger partial charge in [-0.3, -0.25) is 0 Å². The van der Waals surface area contributed by atoms with Gasteiger partial charge in [-0.1, -0.05) is 17.7 Å². The van der Waals surface area contributed by atoms with Gasteiger partial charge >= 0.3 is 5.63 Å². The Kier molecular flexibility index (Phi) is 3.96. The third-order valence-electron chi connectivity index (χ3n) is 4.70. The predicted molar refractivity (Wildman–Crippen MR) is 98.2 cm³/mol. The molecule has 0 saturated heterocycles. The van der Waals surface area contributed by atoms with E-state index in [0.717, 1.165) is 27.8 Å². The summed E-state index contributed by atoms with van der Waals surface area (Å²) in [6, 6.07) is 8.29. The third-order valence-corrected chi connectivity index (χ3v) is 4.70. The molecule has 0 bridgehead atoms. The van der Waals surface area contributed by atoms with Gasteiger partial charge in [-0.05, 0) is 74.6 Å². The van der Waals surface area contributed by atoms with Gasteiger partial charge in [0.25, 0.3) is 0 Å². The van der Waals surface area contributed by atoms with Crippen LogP contribution in [0.2, 0.25) is 0 Å². The molecule has 0 unspecified atom stereocenters. The van der Waals surface area contributed by atoms with E-state index < -0.39 is 0 Å². The van der Waals surface area contributed by atoms with Crippen molar-refractivity contribution in [3.05, 3.63) is 62.5 Å². The van der Waals surface area contributed by atoms with Crippen LogP contribution in [0.15, 0.2) is 33.5 Å². The minimum atomic E-state index is -0.295. The lowest BCUT2D eigenvalue weighted by Gasteiger charge is -2.15. The van der Waals surface area contributed by atoms with Crippen LogP contribution in [-0.2, 0) is 0 Å². The molecule has 3 aromatic rings. The molecule has 0 saturated carbocycles. The minimum absolute atomic E-state index is 0.295. The topological polar surface area (TPSA) is 39.4 Å². The Morgan fingerprint density at radius 3 is 2.08 bits per heavy atom. The van der Waals surface area contributed by atoms with Crippen molar-refractivity contribution in [1.82, 2.24) is 0 Å². The first-order chi connectivity index (χ1) is 11.3. The Hall–Kier alpha value is -2.55. The first-order valence-corrected chi connectivity index (χ1v) is 8.03. The van der Waals surface area contributed by atoms with Crippen LogP contribution in [0.4, 0.5) is 0 Å². The van der Waals surface area contributed by atoms with Gasteiger partial charge in [-0.2, -0.15) is 0 Å². The van der Waals surface area contributed by atoms with Crippen molar-refractivity contribution in [2.24, 2.45) is 0 Å². The lowest BCUT2D eigenvalue weighted by atomic mass is 9.92. The molecule has 0 fully saturated rings. The molecule has 0 radical (unpaired) electrons. The summed E-state index contributed by atoms with van der Waals surface area (Å²) in [6.45, 7) is 10.0. The van der Waals surface area contributed by atoms with Crippen molar-refractivity contribution in [1.29, 1.82) is 0 Å². The SMILES string of the molecule is COc1cc(-c2c(C)cc(C)cc2C)cc2oc(=O)c(C)c(C)c12. The van der Waals surface area contributed by atoms with Crippen LogP contribution in [0.5, 0.6) is 5.75 Å². The molecule has 1 aromatic heterocycles. The van der Waals surface area contributed by atoms with Crippen LogP contribution in [0.1, 0.15) is 27.8 Å². The molecule has 3 rings (SSSR count). The molecule has 0 N–H and O–H groups in total. The normalized spacial score (nSPS) is 11.1. The monoisotopic (exact) mass is 322 g/mol. The van der Waals surface area contributed by atoms with E-state index in [-0.39, 0.29) is 5.63 Å². The second-order valence-electron chi connectivity index (χ2n) is 6.46. The van der Waals surface area contributed by atoms with Crippen LogP contribution in [0, 0.1) is 34.6 Å². The molecule has 124 valence electrons. The number of methoxy groups -OCH3 is 1. The smallest absolute Gasteiger partial charge is 0.339 e. The van der Waals surface area contributed by atoms with E-state index in [1.165, 1.54) is 16.7 Å². The third kappa shape index (κ3) is 2.50. The number of fused-ring (bicyclic) bond motifs is 1. The zero-order valence-corrected chi connectivity index (χ0v) is 15.0. The molecule has 0 aliphatic heterocycles. The zero-order chi connectivity index (χ0) is 17.6. The highest BCUT2D eigenvalue weighted by molar-refractivity contribution is 5.92. The molecule has 0 amide bonds. The number of rotatable bonds is 2. The zero-order valence-electron chi connectivity index (χ0n) is 15.0. The maximum absolute atomic E-state index is 12.1. The van der Waals surface area contributed by atoms with Crippen LogP contribution in [0.25, 0.3) is 22.1 Å². The van der Waals surface area contributed by atoms with Crippen LogP contribution in [-0.4, -0.2) is 7.11 Å². The number of hydrogen-bond donors (Lipinski definition) is 0. The van der Waals surface area contributed by atoms with Gasteiger partial charge in [-0.25, -0.2) is 4.79 Å². The van der Waals surface area contributed by atoms with Crippen LogP contribution in [0.3, 0.4) is 0 Å². The Balaban J connectivity index is 2.41. The number of ether oxygens (including phenoxy) is 1. The molecule has 24 heavy (non-hydrogen) atoms. The van der Waals surface area contributed by atoms with E-state index in [9.17, 15) is 4.79 Å². The summed E-state index contributed by atoms with van der Waals surface area (Å²) >= 11 is 0. The lowest BCUT2D eigenvalue weighted by Crippen LogP contribution is -2.06. The highest BCUT2D eigenvalue weighted by atomic mass is 16.5.